The van der Waals surface area contributed by atoms with Crippen LogP contribution in [0, 0.1) is 0 Å². The number of benzene rings is 2. The number of nitrogens with one attached hydrogen (secondary N) is 1. The van der Waals surface area contributed by atoms with E-state index in [-0.39, 0.29) is 6.04 Å². The van der Waals surface area contributed by atoms with Crippen LogP contribution in [0.1, 0.15) is 25.0 Å². The lowest BCUT2D eigenvalue weighted by molar-refractivity contribution is -0.113. The molecular weight excluding hydrogens is 306 g/mol. The van der Waals surface area contributed by atoms with Gasteiger partial charge in [0.2, 0.25) is 0 Å². The monoisotopic (exact) mass is 333 g/mol. The molecule has 0 radical (unpaired) electrons. The van der Waals surface area contributed by atoms with E-state index in [1.807, 2.05) is 42.5 Å². The fraction of sp³-hybridized carbons (Fsp3) is 0.261. The third-order valence-corrected chi connectivity index (χ3v) is 4.52. The summed E-state index contributed by atoms with van der Waals surface area (Å²) in [6.45, 7) is 7.90. The van der Waals surface area contributed by atoms with E-state index in [2.05, 4.69) is 50.0 Å². The molecule has 2 aromatic carbocycles. The molecule has 1 unspecified atom stereocenters. The maximum atomic E-state index is 12.2. The van der Waals surface area contributed by atoms with Crippen LogP contribution in [-0.4, -0.2) is 17.9 Å². The molecule has 0 amide bonds. The first kappa shape index (κ1) is 18.9. The average Bonchev–Trinajstić information content (AvgIpc) is 2.63. The normalized spacial score (nSPS) is 13.3. The van der Waals surface area contributed by atoms with Crippen molar-refractivity contribution in [3.8, 4) is 0 Å². The molecule has 2 rings (SSSR count). The van der Waals surface area contributed by atoms with E-state index >= 15 is 0 Å². The molecule has 0 aromatic heterocycles. The lowest BCUT2D eigenvalue weighted by Crippen LogP contribution is -2.54. The van der Waals surface area contributed by atoms with Crippen molar-refractivity contribution in [3.05, 3.63) is 96.1 Å². The number of aldehydes is 1. The molecule has 25 heavy (non-hydrogen) atoms. The van der Waals surface area contributed by atoms with E-state index in [9.17, 15) is 4.79 Å². The van der Waals surface area contributed by atoms with Crippen LogP contribution < -0.4 is 5.32 Å². The van der Waals surface area contributed by atoms with E-state index in [1.54, 1.807) is 6.08 Å². The highest BCUT2D eigenvalue weighted by atomic mass is 16.1. The van der Waals surface area contributed by atoms with E-state index in [4.69, 9.17) is 0 Å². The molecule has 0 saturated heterocycles. The van der Waals surface area contributed by atoms with Gasteiger partial charge in [0.25, 0.3) is 0 Å². The van der Waals surface area contributed by atoms with Gasteiger partial charge in [-0.1, -0.05) is 85.0 Å². The van der Waals surface area contributed by atoms with Gasteiger partial charge in [0.05, 0.1) is 5.54 Å². The van der Waals surface area contributed by atoms with Gasteiger partial charge in [-0.3, -0.25) is 5.32 Å². The molecule has 0 aliphatic carbocycles. The Morgan fingerprint density at radius 2 is 1.52 bits per heavy atom. The van der Waals surface area contributed by atoms with Crippen molar-refractivity contribution in [1.29, 1.82) is 0 Å². The fourth-order valence-corrected chi connectivity index (χ4v) is 3.08. The smallest absolute Gasteiger partial charge is 0.140 e. The number of carbonyl (C=O) groups is 1. The standard InChI is InChI=1S/C23H27NO/c1-4-11-19(2)20(3)24-23(18-25,16-21-12-7-5-8-13-21)17-22-14-9-6-10-15-22/h4-15,18,20,24H,1,16-17H2,2-3H3/b19-11-. The van der Waals surface area contributed by atoms with Crippen LogP contribution in [0.5, 0.6) is 0 Å². The van der Waals surface area contributed by atoms with Crippen LogP contribution >= 0.6 is 0 Å². The third-order valence-electron chi connectivity index (χ3n) is 4.52. The Bertz CT molecular complexity index is 662. The SMILES string of the molecule is C=C/C=C(/C)C(C)NC(C=O)(Cc1ccccc1)Cc1ccccc1. The van der Waals surface area contributed by atoms with Crippen LogP contribution in [0.25, 0.3) is 0 Å². The van der Waals surface area contributed by atoms with Gasteiger partial charge in [0, 0.05) is 6.04 Å². The van der Waals surface area contributed by atoms with E-state index in [1.165, 1.54) is 0 Å². The van der Waals surface area contributed by atoms with E-state index in [0.29, 0.717) is 12.8 Å². The summed E-state index contributed by atoms with van der Waals surface area (Å²) in [6, 6.07) is 20.4. The predicted molar refractivity (Wildman–Crippen MR) is 106 cm³/mol. The maximum absolute atomic E-state index is 12.2. The van der Waals surface area contributed by atoms with Gasteiger partial charge < -0.3 is 4.79 Å². The second kappa shape index (κ2) is 9.14. The van der Waals surface area contributed by atoms with Crippen molar-refractivity contribution in [1.82, 2.24) is 5.32 Å². The molecular formula is C23H27NO. The molecule has 0 spiro atoms. The van der Waals surface area contributed by atoms with Gasteiger partial charge in [-0.25, -0.2) is 0 Å². The molecule has 2 nitrogen and oxygen atoms in total. The van der Waals surface area contributed by atoms with Crippen molar-refractivity contribution >= 4 is 6.29 Å². The Kier molecular flexibility index (Phi) is 6.91. The highest BCUT2D eigenvalue weighted by molar-refractivity contribution is 5.66. The summed E-state index contributed by atoms with van der Waals surface area (Å²) in [5.41, 5.74) is 2.80. The zero-order chi connectivity index (χ0) is 18.1. The summed E-state index contributed by atoms with van der Waals surface area (Å²) >= 11 is 0. The van der Waals surface area contributed by atoms with E-state index < -0.39 is 5.54 Å². The van der Waals surface area contributed by atoms with E-state index in [0.717, 1.165) is 23.0 Å². The minimum atomic E-state index is -0.654. The Balaban J connectivity index is 2.32. The predicted octanol–water partition coefficient (Wildman–Crippen LogP) is 4.52. The summed E-state index contributed by atoms with van der Waals surface area (Å²) in [5.74, 6) is 0. The molecule has 1 atom stereocenters. The highest BCUT2D eigenvalue weighted by Crippen LogP contribution is 2.20. The third kappa shape index (κ3) is 5.54. The largest absolute Gasteiger partial charge is 0.301 e. The van der Waals surface area contributed by atoms with Gasteiger partial charge in [-0.15, -0.1) is 0 Å². The summed E-state index contributed by atoms with van der Waals surface area (Å²) in [7, 11) is 0. The lowest BCUT2D eigenvalue weighted by atomic mass is 9.84. The van der Waals surface area contributed by atoms with Gasteiger partial charge in [-0.2, -0.15) is 0 Å². The molecule has 2 heteroatoms. The number of carbonyl (C=O) groups excluding carboxylic acids is 1. The lowest BCUT2D eigenvalue weighted by Gasteiger charge is -2.33. The molecule has 130 valence electrons. The Hall–Kier alpha value is -2.45. The van der Waals surface area contributed by atoms with Crippen molar-refractivity contribution in [2.75, 3.05) is 0 Å². The van der Waals surface area contributed by atoms with Crippen molar-refractivity contribution in [2.24, 2.45) is 0 Å². The second-order valence-corrected chi connectivity index (χ2v) is 6.61. The zero-order valence-corrected chi connectivity index (χ0v) is 15.1. The van der Waals surface area contributed by atoms with Gasteiger partial charge in [0.15, 0.2) is 0 Å². The molecule has 2 aromatic rings. The molecule has 0 aliphatic rings. The molecule has 0 aliphatic heterocycles. The van der Waals surface area contributed by atoms with Crippen molar-refractivity contribution < 1.29 is 4.79 Å². The number of rotatable bonds is 9. The topological polar surface area (TPSA) is 29.1 Å². The zero-order valence-electron chi connectivity index (χ0n) is 15.1. The Morgan fingerprint density at radius 1 is 1.04 bits per heavy atom. The van der Waals surface area contributed by atoms with Crippen LogP contribution in [0.2, 0.25) is 0 Å². The summed E-state index contributed by atoms with van der Waals surface area (Å²) in [4.78, 5) is 12.2. The number of hydrogen-bond acceptors (Lipinski definition) is 2. The van der Waals surface area contributed by atoms with Crippen LogP contribution in [0.4, 0.5) is 0 Å². The van der Waals surface area contributed by atoms with Crippen LogP contribution in [0.3, 0.4) is 0 Å². The minimum Gasteiger partial charge on any atom is -0.301 e. The second-order valence-electron chi connectivity index (χ2n) is 6.61. The van der Waals surface area contributed by atoms with Crippen molar-refractivity contribution in [3.63, 3.8) is 0 Å². The quantitative estimate of drug-likeness (QED) is 0.540. The molecule has 0 saturated carbocycles. The Morgan fingerprint density at radius 3 is 1.92 bits per heavy atom. The molecule has 0 fully saturated rings. The minimum absolute atomic E-state index is 0.0793. The summed E-state index contributed by atoms with van der Waals surface area (Å²) in [5, 5.41) is 3.58. The fourth-order valence-electron chi connectivity index (χ4n) is 3.08. The van der Waals surface area contributed by atoms with Gasteiger partial charge in [-0.05, 0) is 37.8 Å². The molecule has 1 N–H and O–H groups in total. The summed E-state index contributed by atoms with van der Waals surface area (Å²) < 4.78 is 0. The number of allylic oxidation sites excluding steroid dienone is 2. The van der Waals surface area contributed by atoms with Crippen molar-refractivity contribution in [2.45, 2.75) is 38.3 Å². The highest BCUT2D eigenvalue weighted by Gasteiger charge is 2.32. The first-order valence-corrected chi connectivity index (χ1v) is 8.69. The first-order chi connectivity index (χ1) is 12.1. The van der Waals surface area contributed by atoms with Crippen LogP contribution in [-0.2, 0) is 17.6 Å². The summed E-state index contributed by atoms with van der Waals surface area (Å²) in [6.07, 6.45) is 6.14. The molecule has 0 bridgehead atoms. The molecule has 0 heterocycles. The van der Waals surface area contributed by atoms with Gasteiger partial charge in [0.1, 0.15) is 6.29 Å². The maximum Gasteiger partial charge on any atom is 0.140 e. The first-order valence-electron chi connectivity index (χ1n) is 8.69. The Labute approximate surface area is 151 Å². The average molecular weight is 333 g/mol. The van der Waals surface area contributed by atoms with Gasteiger partial charge >= 0.3 is 0 Å². The number of hydrogen-bond donors (Lipinski definition) is 1. The van der Waals surface area contributed by atoms with Crippen LogP contribution in [0.15, 0.2) is 85.0 Å².